The van der Waals surface area contributed by atoms with Crippen LogP contribution >= 0.6 is 0 Å². The Balaban J connectivity index is 5.39. The van der Waals surface area contributed by atoms with Gasteiger partial charge in [0.1, 0.15) is 0 Å². The Kier molecular flexibility index (Phi) is 10.2. The maximum absolute atomic E-state index is 12.0. The van der Waals surface area contributed by atoms with Crippen LogP contribution in [0.4, 0.5) is 0 Å². The molecular weight excluding hydrogens is 332 g/mol. The highest BCUT2D eigenvalue weighted by molar-refractivity contribution is 5.92. The summed E-state index contributed by atoms with van der Waals surface area (Å²) in [5.74, 6) is -0.421. The summed E-state index contributed by atoms with van der Waals surface area (Å²) >= 11 is 0. The second-order valence-electron chi connectivity index (χ2n) is 7.92. The summed E-state index contributed by atoms with van der Waals surface area (Å²) < 4.78 is 0. The Morgan fingerprint density at radius 2 is 1.23 bits per heavy atom. The number of hydrogen-bond acceptors (Lipinski definition) is 4. The molecule has 0 aromatic rings. The van der Waals surface area contributed by atoms with E-state index in [4.69, 9.17) is 0 Å². The predicted molar refractivity (Wildman–Crippen MR) is 105 cm³/mol. The lowest BCUT2D eigenvalue weighted by Crippen LogP contribution is -2.66. The summed E-state index contributed by atoms with van der Waals surface area (Å²) in [5, 5.41) is 12.0. The fourth-order valence-corrected chi connectivity index (χ4v) is 2.01. The summed E-state index contributed by atoms with van der Waals surface area (Å²) in [7, 11) is 0. The van der Waals surface area contributed by atoms with Gasteiger partial charge in [0.15, 0.2) is 0 Å². The molecule has 7 heteroatoms. The highest BCUT2D eigenvalue weighted by Gasteiger charge is 2.32. The van der Waals surface area contributed by atoms with Crippen molar-refractivity contribution in [3.05, 3.63) is 12.2 Å². The van der Waals surface area contributed by atoms with Gasteiger partial charge in [-0.15, -0.1) is 0 Å². The third-order valence-corrected chi connectivity index (χ3v) is 3.86. The van der Waals surface area contributed by atoms with Gasteiger partial charge in [0.2, 0.25) is 17.7 Å². The quantitative estimate of drug-likeness (QED) is 0.411. The van der Waals surface area contributed by atoms with Gasteiger partial charge < -0.3 is 21.3 Å². The first-order chi connectivity index (χ1) is 11.9. The van der Waals surface area contributed by atoms with Crippen molar-refractivity contribution in [3.63, 3.8) is 0 Å². The van der Waals surface area contributed by atoms with E-state index in [2.05, 4.69) is 48.6 Å². The van der Waals surface area contributed by atoms with Gasteiger partial charge in [-0.3, -0.25) is 14.4 Å². The normalized spacial score (nSPS) is 11.6. The fourth-order valence-electron chi connectivity index (χ4n) is 2.01. The van der Waals surface area contributed by atoms with Crippen molar-refractivity contribution >= 4 is 17.7 Å². The van der Waals surface area contributed by atoms with E-state index in [1.54, 1.807) is 20.8 Å². The summed E-state index contributed by atoms with van der Waals surface area (Å²) in [6, 6.07) is 0. The van der Waals surface area contributed by atoms with Crippen molar-refractivity contribution in [2.45, 2.75) is 59.9 Å². The molecule has 0 aliphatic rings. The highest BCUT2D eigenvalue weighted by atomic mass is 16.2. The van der Waals surface area contributed by atoms with Crippen molar-refractivity contribution < 1.29 is 14.4 Å². The van der Waals surface area contributed by atoms with Crippen molar-refractivity contribution in [1.82, 2.24) is 21.3 Å². The maximum atomic E-state index is 12.0. The molecule has 0 spiro atoms. The smallest absolute Gasteiger partial charge is 0.246 e. The van der Waals surface area contributed by atoms with Crippen LogP contribution in [0.5, 0.6) is 0 Å². The first kappa shape index (κ1) is 24.1. The molecule has 0 rings (SSSR count). The van der Waals surface area contributed by atoms with E-state index in [0.29, 0.717) is 25.0 Å². The molecule has 0 fully saturated rings. The lowest BCUT2D eigenvalue weighted by molar-refractivity contribution is -0.121. The van der Waals surface area contributed by atoms with Crippen LogP contribution in [0.25, 0.3) is 0 Å². The van der Waals surface area contributed by atoms with Gasteiger partial charge in [-0.25, -0.2) is 0 Å². The van der Waals surface area contributed by atoms with Crippen LogP contribution in [0, 0.1) is 5.41 Å². The molecular formula is C19H36N4O3. The third kappa shape index (κ3) is 10.2. The third-order valence-electron chi connectivity index (χ3n) is 3.86. The predicted octanol–water partition coefficient (Wildman–Crippen LogP) is 1.11. The largest absolute Gasteiger partial charge is 0.354 e. The Hall–Kier alpha value is -1.89. The zero-order chi connectivity index (χ0) is 20.4. The molecule has 3 amide bonds. The minimum absolute atomic E-state index is 0.00680. The topological polar surface area (TPSA) is 99.3 Å². The number of hydrogen-bond donors (Lipinski definition) is 4. The second-order valence-corrected chi connectivity index (χ2v) is 7.92. The molecule has 0 atom stereocenters. The van der Waals surface area contributed by atoms with E-state index in [1.807, 2.05) is 0 Å². The Labute approximate surface area is 157 Å². The Morgan fingerprint density at radius 1 is 0.808 bits per heavy atom. The van der Waals surface area contributed by atoms with Gasteiger partial charge in [-0.05, 0) is 12.3 Å². The van der Waals surface area contributed by atoms with Crippen LogP contribution in [0.1, 0.15) is 54.4 Å². The SMILES string of the molecule is C=C(C)C(=O)NCC(CNC(=O)CC)(CNC(=O)CC)NCC(C)(C)C. The molecule has 0 radical (unpaired) electrons. The van der Waals surface area contributed by atoms with Gasteiger partial charge in [-0.1, -0.05) is 41.2 Å². The van der Waals surface area contributed by atoms with Gasteiger partial charge in [0.25, 0.3) is 0 Å². The van der Waals surface area contributed by atoms with Crippen LogP contribution in [0.2, 0.25) is 0 Å². The monoisotopic (exact) mass is 368 g/mol. The second kappa shape index (κ2) is 11.0. The van der Waals surface area contributed by atoms with E-state index in [9.17, 15) is 14.4 Å². The zero-order valence-corrected chi connectivity index (χ0v) is 17.2. The van der Waals surface area contributed by atoms with Crippen LogP contribution in [-0.4, -0.2) is 49.4 Å². The molecule has 7 nitrogen and oxygen atoms in total. The first-order valence-electron chi connectivity index (χ1n) is 9.17. The summed E-state index contributed by atoms with van der Waals surface area (Å²) in [5.41, 5.74) is -0.300. The van der Waals surface area contributed by atoms with Crippen molar-refractivity contribution in [3.8, 4) is 0 Å². The van der Waals surface area contributed by atoms with Crippen molar-refractivity contribution in [2.24, 2.45) is 5.41 Å². The van der Waals surface area contributed by atoms with E-state index in [1.165, 1.54) is 0 Å². The molecule has 26 heavy (non-hydrogen) atoms. The molecule has 4 N–H and O–H groups in total. The number of nitrogens with one attached hydrogen (secondary N) is 4. The van der Waals surface area contributed by atoms with E-state index < -0.39 is 5.54 Å². The van der Waals surface area contributed by atoms with Gasteiger partial charge in [0.05, 0.1) is 5.54 Å². The first-order valence-corrected chi connectivity index (χ1v) is 9.17. The van der Waals surface area contributed by atoms with Crippen LogP contribution in [0.15, 0.2) is 12.2 Å². The molecule has 0 saturated carbocycles. The lowest BCUT2D eigenvalue weighted by atomic mass is 9.92. The van der Waals surface area contributed by atoms with E-state index in [-0.39, 0.29) is 42.8 Å². The van der Waals surface area contributed by atoms with Crippen LogP contribution in [0.3, 0.4) is 0 Å². The minimum Gasteiger partial charge on any atom is -0.354 e. The van der Waals surface area contributed by atoms with Gasteiger partial charge >= 0.3 is 0 Å². The summed E-state index contributed by atoms with van der Waals surface area (Å²) in [6.07, 6.45) is 0.740. The molecule has 0 bridgehead atoms. The van der Waals surface area contributed by atoms with Crippen LogP contribution in [-0.2, 0) is 14.4 Å². The van der Waals surface area contributed by atoms with Crippen molar-refractivity contribution in [1.29, 1.82) is 0 Å². The Morgan fingerprint density at radius 3 is 1.58 bits per heavy atom. The molecule has 0 aromatic carbocycles. The minimum atomic E-state index is -0.700. The van der Waals surface area contributed by atoms with E-state index in [0.717, 1.165) is 0 Å². The number of carbonyl (C=O) groups is 3. The molecule has 0 unspecified atom stereocenters. The molecule has 150 valence electrons. The van der Waals surface area contributed by atoms with Gasteiger partial charge in [-0.2, -0.15) is 0 Å². The van der Waals surface area contributed by atoms with Crippen LogP contribution < -0.4 is 21.3 Å². The fraction of sp³-hybridized carbons (Fsp3) is 0.737. The lowest BCUT2D eigenvalue weighted by Gasteiger charge is -2.38. The highest BCUT2D eigenvalue weighted by Crippen LogP contribution is 2.14. The number of carbonyl (C=O) groups excluding carboxylic acids is 3. The molecule has 0 saturated heterocycles. The molecule has 0 aliphatic heterocycles. The molecule has 0 aliphatic carbocycles. The molecule has 0 heterocycles. The summed E-state index contributed by atoms with van der Waals surface area (Å²) in [4.78, 5) is 35.5. The van der Waals surface area contributed by atoms with Crippen molar-refractivity contribution in [2.75, 3.05) is 26.2 Å². The molecule has 0 aromatic heterocycles. The average Bonchev–Trinajstić information content (AvgIpc) is 2.58. The average molecular weight is 369 g/mol. The number of rotatable bonds is 11. The Bertz CT molecular complexity index is 489. The number of amides is 3. The standard InChI is InChI=1S/C19H36N4O3/c1-8-15(24)20-11-19(12-21-16(25)9-2,23-10-18(5,6)7)13-22-17(26)14(3)4/h23H,3,8-13H2,1-2,4-7H3,(H,20,24)(H,21,25)(H,22,26). The van der Waals surface area contributed by atoms with Gasteiger partial charge in [0, 0.05) is 44.6 Å². The van der Waals surface area contributed by atoms with E-state index >= 15 is 0 Å². The maximum Gasteiger partial charge on any atom is 0.246 e. The summed E-state index contributed by atoms with van der Waals surface area (Å²) in [6.45, 7) is 16.6. The zero-order valence-electron chi connectivity index (χ0n) is 17.2.